The van der Waals surface area contributed by atoms with Crippen molar-refractivity contribution in [2.24, 2.45) is 0 Å². The highest BCUT2D eigenvalue weighted by atomic mass is 16.2. The Morgan fingerprint density at radius 2 is 2.07 bits per heavy atom. The lowest BCUT2D eigenvalue weighted by Gasteiger charge is -2.34. The van der Waals surface area contributed by atoms with E-state index < -0.39 is 0 Å². The normalized spacial score (nSPS) is 17.4. The van der Waals surface area contributed by atoms with Gasteiger partial charge in [0.15, 0.2) is 11.5 Å². The first-order valence-electron chi connectivity index (χ1n) is 9.33. The third kappa shape index (κ3) is 3.47. The number of hydrogen-bond donors (Lipinski definition) is 2. The van der Waals surface area contributed by atoms with Crippen molar-refractivity contribution in [1.82, 2.24) is 30.0 Å². The van der Waals surface area contributed by atoms with Crippen LogP contribution in [0, 0.1) is 0 Å². The van der Waals surface area contributed by atoms with E-state index in [-0.39, 0.29) is 23.8 Å². The summed E-state index contributed by atoms with van der Waals surface area (Å²) in [6.07, 6.45) is 6.10. The van der Waals surface area contributed by atoms with Gasteiger partial charge in [-0.05, 0) is 51.3 Å². The Bertz CT molecular complexity index is 938. The molecule has 1 amide bonds. The summed E-state index contributed by atoms with van der Waals surface area (Å²) in [5.41, 5.74) is 1.59. The molecule has 0 bridgehead atoms. The van der Waals surface area contributed by atoms with Crippen molar-refractivity contribution in [3.63, 3.8) is 0 Å². The number of nitrogens with one attached hydrogen (secondary N) is 2. The topological polar surface area (TPSA) is 99.7 Å². The number of amides is 1. The van der Waals surface area contributed by atoms with Gasteiger partial charge in [0.2, 0.25) is 5.82 Å². The van der Waals surface area contributed by atoms with Crippen LogP contribution in [0.4, 0.5) is 5.82 Å². The molecule has 1 saturated heterocycles. The summed E-state index contributed by atoms with van der Waals surface area (Å²) in [4.78, 5) is 27.8. The fraction of sp³-hybridized carbons (Fsp3) is 0.421. The molecular formula is C19H23N7O. The predicted molar refractivity (Wildman–Crippen MR) is 102 cm³/mol. The Kier molecular flexibility index (Phi) is 4.70. The zero-order chi connectivity index (χ0) is 18.8. The van der Waals surface area contributed by atoms with Crippen molar-refractivity contribution in [1.29, 1.82) is 0 Å². The number of H-pyrrole nitrogens is 1. The highest BCUT2D eigenvalue weighted by Crippen LogP contribution is 2.32. The Morgan fingerprint density at radius 1 is 1.26 bits per heavy atom. The van der Waals surface area contributed by atoms with Crippen LogP contribution in [0.5, 0.6) is 0 Å². The fourth-order valence-corrected chi connectivity index (χ4v) is 3.51. The largest absolute Gasteiger partial charge is 0.366 e. The number of nitrogens with zero attached hydrogens (tertiary/aromatic N) is 5. The van der Waals surface area contributed by atoms with E-state index in [0.717, 1.165) is 41.8 Å². The zero-order valence-electron chi connectivity index (χ0n) is 15.5. The molecule has 0 aliphatic carbocycles. The van der Waals surface area contributed by atoms with E-state index in [0.29, 0.717) is 6.54 Å². The molecule has 0 aromatic carbocycles. The number of aromatic amines is 1. The minimum Gasteiger partial charge on any atom is -0.366 e. The number of anilines is 1. The van der Waals surface area contributed by atoms with Crippen LogP contribution in [0.15, 0.2) is 30.6 Å². The van der Waals surface area contributed by atoms with E-state index in [1.165, 1.54) is 0 Å². The maximum Gasteiger partial charge on any atom is 0.292 e. The smallest absolute Gasteiger partial charge is 0.292 e. The van der Waals surface area contributed by atoms with Gasteiger partial charge in [-0.1, -0.05) is 0 Å². The average molecular weight is 365 g/mol. The van der Waals surface area contributed by atoms with Crippen LogP contribution in [0.3, 0.4) is 0 Å². The van der Waals surface area contributed by atoms with Crippen LogP contribution in [0.1, 0.15) is 55.5 Å². The number of pyridine rings is 1. The molecule has 2 N–H and O–H groups in total. The fourth-order valence-electron chi connectivity index (χ4n) is 3.51. The summed E-state index contributed by atoms with van der Waals surface area (Å²) in [5, 5.41) is 11.6. The average Bonchev–Trinajstić information content (AvgIpc) is 3.09. The summed E-state index contributed by atoms with van der Waals surface area (Å²) in [6.45, 7) is 4.82. The molecule has 1 aliphatic heterocycles. The van der Waals surface area contributed by atoms with E-state index in [9.17, 15) is 4.79 Å². The maximum atomic E-state index is 12.9. The minimum atomic E-state index is -0.144. The molecule has 8 heteroatoms. The molecule has 0 spiro atoms. The van der Waals surface area contributed by atoms with Gasteiger partial charge in [-0.25, -0.2) is 15.0 Å². The van der Waals surface area contributed by atoms with Crippen molar-refractivity contribution in [3.05, 3.63) is 42.1 Å². The van der Waals surface area contributed by atoms with Gasteiger partial charge in [-0.3, -0.25) is 9.89 Å². The number of carbonyl (C=O) groups excluding carboxylic acids is 1. The van der Waals surface area contributed by atoms with E-state index in [1.807, 2.05) is 17.0 Å². The molecule has 0 radical (unpaired) electrons. The molecule has 4 heterocycles. The summed E-state index contributed by atoms with van der Waals surface area (Å²) >= 11 is 0. The highest BCUT2D eigenvalue weighted by molar-refractivity contribution is 5.91. The molecule has 140 valence electrons. The first-order chi connectivity index (χ1) is 13.1. The monoisotopic (exact) mass is 365 g/mol. The number of carbonyl (C=O) groups is 1. The molecule has 0 unspecified atom stereocenters. The van der Waals surface area contributed by atoms with Crippen molar-refractivity contribution < 1.29 is 4.79 Å². The number of piperidine rings is 1. The lowest BCUT2D eigenvalue weighted by molar-refractivity contribution is 0.0593. The Balaban J connectivity index is 1.64. The van der Waals surface area contributed by atoms with Crippen LogP contribution in [0.2, 0.25) is 0 Å². The standard InChI is InChI=1S/C19H23N7O/c1-12(2)22-16-13-7-8-14(23-17(13)25-24-16)15-6-3-4-11-26(15)19(27)18-20-9-5-10-21-18/h5,7-10,12,15H,3-4,6,11H2,1-2H3,(H2,22,23,24,25)/t15-/m1/s1. The van der Waals surface area contributed by atoms with Gasteiger partial charge in [0.1, 0.15) is 0 Å². The van der Waals surface area contributed by atoms with Crippen LogP contribution in [0.25, 0.3) is 11.0 Å². The van der Waals surface area contributed by atoms with Gasteiger partial charge >= 0.3 is 0 Å². The number of hydrogen-bond acceptors (Lipinski definition) is 6. The summed E-state index contributed by atoms with van der Waals surface area (Å²) in [6, 6.07) is 5.92. The molecule has 3 aromatic rings. The first-order valence-corrected chi connectivity index (χ1v) is 9.33. The summed E-state index contributed by atoms with van der Waals surface area (Å²) in [5.74, 6) is 0.887. The second-order valence-electron chi connectivity index (χ2n) is 7.09. The number of rotatable bonds is 4. The Morgan fingerprint density at radius 3 is 2.85 bits per heavy atom. The molecule has 1 fully saturated rings. The number of fused-ring (bicyclic) bond motifs is 1. The molecule has 8 nitrogen and oxygen atoms in total. The molecule has 1 aliphatic rings. The molecule has 4 rings (SSSR count). The van der Waals surface area contributed by atoms with Crippen molar-refractivity contribution in [2.45, 2.75) is 45.2 Å². The minimum absolute atomic E-state index is 0.0794. The number of likely N-dealkylation sites (tertiary alicyclic amines) is 1. The van der Waals surface area contributed by atoms with E-state index >= 15 is 0 Å². The third-order valence-corrected chi connectivity index (χ3v) is 4.73. The van der Waals surface area contributed by atoms with Gasteiger partial charge in [-0.2, -0.15) is 5.10 Å². The van der Waals surface area contributed by atoms with Gasteiger partial charge in [-0.15, -0.1) is 0 Å². The first kappa shape index (κ1) is 17.4. The molecule has 27 heavy (non-hydrogen) atoms. The van der Waals surface area contributed by atoms with Crippen molar-refractivity contribution >= 4 is 22.8 Å². The number of aromatic nitrogens is 5. The molecular weight excluding hydrogens is 342 g/mol. The van der Waals surface area contributed by atoms with Gasteiger partial charge in [0.05, 0.1) is 17.1 Å². The van der Waals surface area contributed by atoms with Crippen LogP contribution in [-0.4, -0.2) is 48.5 Å². The van der Waals surface area contributed by atoms with E-state index in [1.54, 1.807) is 18.5 Å². The Labute approximate surface area is 157 Å². The molecule has 1 atom stereocenters. The van der Waals surface area contributed by atoms with Crippen molar-refractivity contribution in [3.8, 4) is 0 Å². The molecule has 0 saturated carbocycles. The summed E-state index contributed by atoms with van der Waals surface area (Å²) in [7, 11) is 0. The Hall–Kier alpha value is -3.03. The lowest BCUT2D eigenvalue weighted by Crippen LogP contribution is -2.39. The van der Waals surface area contributed by atoms with Crippen LogP contribution in [-0.2, 0) is 0 Å². The summed E-state index contributed by atoms with van der Waals surface area (Å²) < 4.78 is 0. The van der Waals surface area contributed by atoms with Gasteiger partial charge in [0, 0.05) is 25.0 Å². The van der Waals surface area contributed by atoms with Crippen LogP contribution < -0.4 is 5.32 Å². The van der Waals surface area contributed by atoms with E-state index in [2.05, 4.69) is 39.3 Å². The second-order valence-corrected chi connectivity index (χ2v) is 7.09. The van der Waals surface area contributed by atoms with Gasteiger partial charge < -0.3 is 10.2 Å². The van der Waals surface area contributed by atoms with Crippen LogP contribution >= 0.6 is 0 Å². The van der Waals surface area contributed by atoms with Gasteiger partial charge in [0.25, 0.3) is 5.91 Å². The third-order valence-electron chi connectivity index (χ3n) is 4.73. The molecule has 3 aromatic heterocycles. The highest BCUT2D eigenvalue weighted by Gasteiger charge is 2.31. The van der Waals surface area contributed by atoms with Crippen molar-refractivity contribution in [2.75, 3.05) is 11.9 Å². The zero-order valence-corrected chi connectivity index (χ0v) is 15.5. The predicted octanol–water partition coefficient (Wildman–Crippen LogP) is 2.94. The quantitative estimate of drug-likeness (QED) is 0.737. The lowest BCUT2D eigenvalue weighted by atomic mass is 9.98. The maximum absolute atomic E-state index is 12.9. The van der Waals surface area contributed by atoms with E-state index in [4.69, 9.17) is 4.98 Å². The second kappa shape index (κ2) is 7.30. The SMILES string of the molecule is CC(C)Nc1n[nH]c2nc([C@H]3CCCCN3C(=O)c3ncccn3)ccc12.